The lowest BCUT2D eigenvalue weighted by Gasteiger charge is -2.44. The van der Waals surface area contributed by atoms with Gasteiger partial charge in [-0.15, -0.1) is 11.3 Å². The molecule has 2 unspecified atom stereocenters. The van der Waals surface area contributed by atoms with Crippen molar-refractivity contribution in [2.45, 2.75) is 50.1 Å². The van der Waals surface area contributed by atoms with Gasteiger partial charge in [-0.05, 0) is 36.5 Å². The van der Waals surface area contributed by atoms with Crippen LogP contribution in [0.4, 0.5) is 0 Å². The molecule has 3 nitrogen and oxygen atoms in total. The van der Waals surface area contributed by atoms with E-state index in [9.17, 15) is 4.79 Å². The van der Waals surface area contributed by atoms with Crippen LogP contribution in [0.25, 0.3) is 0 Å². The minimum atomic E-state index is -0.0453. The number of thiophene rings is 1. The fraction of sp³-hybridized carbons (Fsp3) is 0.688. The van der Waals surface area contributed by atoms with Gasteiger partial charge in [0.05, 0.1) is 6.04 Å². The molecule has 0 spiro atoms. The van der Waals surface area contributed by atoms with Crippen molar-refractivity contribution in [3.8, 4) is 0 Å². The Morgan fingerprint density at radius 2 is 2.29 bits per heavy atom. The van der Waals surface area contributed by atoms with Crippen LogP contribution in [0.15, 0.2) is 17.5 Å². The molecule has 21 heavy (non-hydrogen) atoms. The van der Waals surface area contributed by atoms with Crippen LogP contribution in [0.3, 0.4) is 0 Å². The summed E-state index contributed by atoms with van der Waals surface area (Å²) in [5, 5.41) is 5.66. The number of rotatable bonds is 5. The number of nitrogens with one attached hydrogen (secondary N) is 1. The van der Waals surface area contributed by atoms with E-state index in [1.54, 1.807) is 11.3 Å². The minimum absolute atomic E-state index is 0.0453. The summed E-state index contributed by atoms with van der Waals surface area (Å²) in [6.45, 7) is 5.13. The quantitative estimate of drug-likeness (QED) is 0.900. The third-order valence-electron chi connectivity index (χ3n) is 4.83. The van der Waals surface area contributed by atoms with E-state index in [1.165, 1.54) is 24.1 Å². The highest BCUT2D eigenvalue weighted by atomic mass is 32.2. The van der Waals surface area contributed by atoms with Crippen LogP contribution in [0, 0.1) is 5.92 Å². The van der Waals surface area contributed by atoms with E-state index >= 15 is 0 Å². The molecule has 5 heteroatoms. The number of nitrogens with zero attached hydrogens (tertiary/aromatic N) is 1. The van der Waals surface area contributed by atoms with Gasteiger partial charge in [0.15, 0.2) is 0 Å². The maximum absolute atomic E-state index is 12.8. The molecule has 1 amide bonds. The summed E-state index contributed by atoms with van der Waals surface area (Å²) < 4.78 is 0.290. The number of hydrogen-bond donors (Lipinski definition) is 1. The van der Waals surface area contributed by atoms with Crippen molar-refractivity contribution in [3.63, 3.8) is 0 Å². The normalized spacial score (nSPS) is 28.2. The molecule has 1 saturated heterocycles. The van der Waals surface area contributed by atoms with Gasteiger partial charge in [0, 0.05) is 16.2 Å². The van der Waals surface area contributed by atoms with Crippen molar-refractivity contribution in [3.05, 3.63) is 22.4 Å². The molecule has 1 aromatic rings. The van der Waals surface area contributed by atoms with Crippen LogP contribution in [-0.2, 0) is 4.79 Å². The number of hydrogen-bond acceptors (Lipinski definition) is 4. The second-order valence-corrected chi connectivity index (χ2v) is 8.77. The fourth-order valence-corrected chi connectivity index (χ4v) is 5.04. The predicted molar refractivity (Wildman–Crippen MR) is 90.6 cm³/mol. The molecule has 2 fully saturated rings. The lowest BCUT2D eigenvalue weighted by molar-refractivity contribution is -0.131. The first-order chi connectivity index (χ1) is 10.1. The molecule has 2 heterocycles. The summed E-state index contributed by atoms with van der Waals surface area (Å²) in [6, 6.07) is 4.16. The molecule has 2 atom stereocenters. The molecule has 1 aliphatic carbocycles. The monoisotopic (exact) mass is 324 g/mol. The number of amides is 1. The van der Waals surface area contributed by atoms with Gasteiger partial charge >= 0.3 is 0 Å². The van der Waals surface area contributed by atoms with Gasteiger partial charge in [-0.25, -0.2) is 0 Å². The van der Waals surface area contributed by atoms with E-state index in [4.69, 9.17) is 0 Å². The van der Waals surface area contributed by atoms with Gasteiger partial charge in [-0.1, -0.05) is 26.3 Å². The van der Waals surface area contributed by atoms with Gasteiger partial charge < -0.3 is 4.90 Å². The SMILES string of the molecule is CSC1(CN2C(=O)C(C(C)C)NC2c2cccs2)CCC1. The Kier molecular flexibility index (Phi) is 4.35. The highest BCUT2D eigenvalue weighted by molar-refractivity contribution is 8.00. The van der Waals surface area contributed by atoms with Crippen molar-refractivity contribution >= 4 is 29.0 Å². The summed E-state index contributed by atoms with van der Waals surface area (Å²) in [4.78, 5) is 16.2. The third-order valence-corrected chi connectivity index (χ3v) is 7.16. The zero-order valence-corrected chi connectivity index (χ0v) is 14.6. The van der Waals surface area contributed by atoms with Gasteiger partial charge in [0.1, 0.15) is 6.17 Å². The highest BCUT2D eigenvalue weighted by Crippen LogP contribution is 2.45. The molecule has 1 aromatic heterocycles. The van der Waals surface area contributed by atoms with E-state index in [-0.39, 0.29) is 18.1 Å². The zero-order chi connectivity index (χ0) is 15.0. The molecule has 1 aliphatic heterocycles. The number of carbonyl (C=O) groups is 1. The largest absolute Gasteiger partial charge is 0.319 e. The highest BCUT2D eigenvalue weighted by Gasteiger charge is 2.47. The zero-order valence-electron chi connectivity index (χ0n) is 13.0. The van der Waals surface area contributed by atoms with E-state index < -0.39 is 0 Å². The molecule has 1 N–H and O–H groups in total. The van der Waals surface area contributed by atoms with Crippen LogP contribution >= 0.6 is 23.1 Å². The van der Waals surface area contributed by atoms with Crippen LogP contribution in [0.5, 0.6) is 0 Å². The second-order valence-electron chi connectivity index (χ2n) is 6.51. The standard InChI is InChI=1S/C16H24N2OS2/c1-11(2)13-15(19)18(10-16(20-3)7-5-8-16)14(17-13)12-6-4-9-21-12/h4,6,9,11,13-14,17H,5,7-8,10H2,1-3H3. The van der Waals surface area contributed by atoms with Crippen molar-refractivity contribution < 1.29 is 4.79 Å². The number of carbonyl (C=O) groups excluding carboxylic acids is 1. The Bertz CT molecular complexity index is 491. The van der Waals surface area contributed by atoms with Crippen molar-refractivity contribution in [2.75, 3.05) is 12.8 Å². The third kappa shape index (κ3) is 2.76. The molecule has 0 bridgehead atoms. The van der Waals surface area contributed by atoms with Gasteiger partial charge in [-0.2, -0.15) is 11.8 Å². The van der Waals surface area contributed by atoms with Gasteiger partial charge in [0.2, 0.25) is 5.91 Å². The fourth-order valence-electron chi connectivity index (χ4n) is 3.27. The molecule has 2 aliphatic rings. The van der Waals surface area contributed by atoms with Crippen LogP contribution in [0.2, 0.25) is 0 Å². The van der Waals surface area contributed by atoms with E-state index in [0.29, 0.717) is 10.7 Å². The first-order valence-corrected chi connectivity index (χ1v) is 9.82. The molecular weight excluding hydrogens is 300 g/mol. The van der Waals surface area contributed by atoms with Gasteiger partial charge in [0.25, 0.3) is 0 Å². The van der Waals surface area contributed by atoms with Gasteiger partial charge in [-0.3, -0.25) is 10.1 Å². The summed E-state index contributed by atoms with van der Waals surface area (Å²) in [5.41, 5.74) is 0. The van der Waals surface area contributed by atoms with Crippen molar-refractivity contribution in [2.24, 2.45) is 5.92 Å². The first kappa shape index (κ1) is 15.4. The topological polar surface area (TPSA) is 32.3 Å². The smallest absolute Gasteiger partial charge is 0.241 e. The summed E-state index contributed by atoms with van der Waals surface area (Å²) in [6.07, 6.45) is 6.03. The Morgan fingerprint density at radius 1 is 1.52 bits per heavy atom. The lowest BCUT2D eigenvalue weighted by Crippen LogP contribution is -2.47. The Hall–Kier alpha value is -0.520. The molecular formula is C16H24N2OS2. The second kappa shape index (κ2) is 5.94. The summed E-state index contributed by atoms with van der Waals surface area (Å²) in [7, 11) is 0. The summed E-state index contributed by atoms with van der Waals surface area (Å²) in [5.74, 6) is 0.611. The van der Waals surface area contributed by atoms with Crippen molar-refractivity contribution in [1.29, 1.82) is 0 Å². The molecule has 0 aromatic carbocycles. The van der Waals surface area contributed by atoms with Crippen LogP contribution < -0.4 is 5.32 Å². The minimum Gasteiger partial charge on any atom is -0.319 e. The van der Waals surface area contributed by atoms with E-state index in [0.717, 1.165) is 6.54 Å². The maximum atomic E-state index is 12.8. The average molecular weight is 325 g/mol. The summed E-state index contributed by atoms with van der Waals surface area (Å²) >= 11 is 3.67. The Balaban J connectivity index is 1.84. The lowest BCUT2D eigenvalue weighted by atomic mass is 9.83. The Labute approximate surface area is 135 Å². The van der Waals surface area contributed by atoms with E-state index in [2.05, 4.69) is 47.8 Å². The molecule has 0 radical (unpaired) electrons. The first-order valence-electron chi connectivity index (χ1n) is 7.71. The molecule has 3 rings (SSSR count). The molecule has 1 saturated carbocycles. The average Bonchev–Trinajstić information content (AvgIpc) is 3.02. The predicted octanol–water partition coefficient (Wildman–Crippen LogP) is 3.49. The van der Waals surface area contributed by atoms with Crippen LogP contribution in [0.1, 0.15) is 44.2 Å². The molecule has 116 valence electrons. The van der Waals surface area contributed by atoms with Crippen molar-refractivity contribution in [1.82, 2.24) is 10.2 Å². The number of thioether (sulfide) groups is 1. The Morgan fingerprint density at radius 3 is 2.76 bits per heavy atom. The van der Waals surface area contributed by atoms with Crippen LogP contribution in [-0.4, -0.2) is 34.4 Å². The van der Waals surface area contributed by atoms with E-state index in [1.807, 2.05) is 11.8 Å². The maximum Gasteiger partial charge on any atom is 0.241 e.